The van der Waals surface area contributed by atoms with Crippen molar-refractivity contribution in [1.29, 1.82) is 0 Å². The molecule has 0 amide bonds. The van der Waals surface area contributed by atoms with E-state index in [2.05, 4.69) is 0 Å². The molecular formula is C21H40O9. The third-order valence-electron chi connectivity index (χ3n) is 6.36. The van der Waals surface area contributed by atoms with Gasteiger partial charge in [-0.1, -0.05) is 27.7 Å². The molecule has 0 unspecified atom stereocenters. The summed E-state index contributed by atoms with van der Waals surface area (Å²) in [6.45, 7) is 9.76. The van der Waals surface area contributed by atoms with Crippen molar-refractivity contribution in [2.45, 2.75) is 96.9 Å². The first-order valence-corrected chi connectivity index (χ1v) is 10.4. The average Bonchev–Trinajstić information content (AvgIpc) is 2.68. The number of Topliss-reactive ketones (excluding diaryl/α,β-unsaturated/α-hetero) is 1. The number of carbonyl (C=O) groups excluding carboxylic acids is 1. The van der Waals surface area contributed by atoms with Crippen LogP contribution in [0.3, 0.4) is 0 Å². The maximum absolute atomic E-state index is 12.8. The van der Waals surface area contributed by atoms with Crippen molar-refractivity contribution in [3.63, 3.8) is 0 Å². The second-order valence-corrected chi connectivity index (χ2v) is 9.17. The fourth-order valence-electron chi connectivity index (χ4n) is 3.92. The molecule has 0 aliphatic carbocycles. The molecule has 0 bridgehead atoms. The van der Waals surface area contributed by atoms with Gasteiger partial charge in [-0.05, 0) is 33.6 Å². The van der Waals surface area contributed by atoms with Crippen molar-refractivity contribution < 1.29 is 45.3 Å². The Balaban J connectivity index is 5.30. The Bertz CT molecular complexity index is 575. The Labute approximate surface area is 178 Å². The van der Waals surface area contributed by atoms with E-state index >= 15 is 0 Å². The fraction of sp³-hybridized carbons (Fsp3) is 0.905. The molecule has 30 heavy (non-hydrogen) atoms. The molecule has 0 saturated carbocycles. The van der Waals surface area contributed by atoms with Gasteiger partial charge >= 0.3 is 5.97 Å². The first kappa shape index (κ1) is 28.9. The van der Waals surface area contributed by atoms with Crippen LogP contribution in [-0.2, 0) is 9.59 Å². The summed E-state index contributed by atoms with van der Waals surface area (Å²) in [4.78, 5) is 23.8. The molecule has 0 aromatic carbocycles. The van der Waals surface area contributed by atoms with E-state index in [-0.39, 0.29) is 12.8 Å². The lowest BCUT2D eigenvalue weighted by atomic mass is 9.74. The van der Waals surface area contributed by atoms with Crippen molar-refractivity contribution in [3.05, 3.63) is 0 Å². The van der Waals surface area contributed by atoms with Gasteiger partial charge < -0.3 is 35.7 Å². The van der Waals surface area contributed by atoms with Gasteiger partial charge in [0.25, 0.3) is 0 Å². The zero-order valence-corrected chi connectivity index (χ0v) is 19.0. The van der Waals surface area contributed by atoms with Crippen LogP contribution in [0.25, 0.3) is 0 Å². The van der Waals surface area contributed by atoms with Crippen LogP contribution < -0.4 is 0 Å². The molecule has 0 heterocycles. The quantitative estimate of drug-likeness (QED) is 0.208. The van der Waals surface area contributed by atoms with E-state index in [4.69, 9.17) is 5.11 Å². The van der Waals surface area contributed by atoms with Crippen LogP contribution in [0.2, 0.25) is 0 Å². The maximum Gasteiger partial charge on any atom is 0.308 e. The third-order valence-corrected chi connectivity index (χ3v) is 6.36. The number of aliphatic carboxylic acids is 1. The van der Waals surface area contributed by atoms with Crippen molar-refractivity contribution in [1.82, 2.24) is 0 Å². The Kier molecular flexibility index (Phi) is 10.6. The number of carboxylic acid groups (broad SMARTS) is 1. The van der Waals surface area contributed by atoms with Gasteiger partial charge in [-0.3, -0.25) is 9.59 Å². The standard InChI is InChI=1S/C21H40O9/c1-8-14(22)21(7,30)18(26)11(3)15(23)10(2)9-20(6,29)17(25)12(4)16(24)13(5)19(27)28/h10-14,16-18,22,24-26,29-30H,8-9H2,1-7H3,(H,27,28)/t10-,11+,12+,13-,14-,16+,17-,18-,20-,21-/m1/s1. The van der Waals surface area contributed by atoms with Crippen molar-refractivity contribution in [2.75, 3.05) is 0 Å². The van der Waals surface area contributed by atoms with Gasteiger partial charge in [0.15, 0.2) is 0 Å². The van der Waals surface area contributed by atoms with Gasteiger partial charge in [0, 0.05) is 17.8 Å². The lowest BCUT2D eigenvalue weighted by Crippen LogP contribution is -2.54. The van der Waals surface area contributed by atoms with E-state index in [9.17, 15) is 40.2 Å². The van der Waals surface area contributed by atoms with Crippen molar-refractivity contribution in [2.24, 2.45) is 23.7 Å². The van der Waals surface area contributed by atoms with Gasteiger partial charge in [0.1, 0.15) is 11.4 Å². The summed E-state index contributed by atoms with van der Waals surface area (Å²) in [7, 11) is 0. The number of hydrogen-bond donors (Lipinski definition) is 7. The zero-order valence-electron chi connectivity index (χ0n) is 19.0. The molecular weight excluding hydrogens is 396 g/mol. The van der Waals surface area contributed by atoms with Gasteiger partial charge in [-0.2, -0.15) is 0 Å². The summed E-state index contributed by atoms with van der Waals surface area (Å²) >= 11 is 0. The Hall–Kier alpha value is -1.10. The molecule has 9 heteroatoms. The molecule has 0 aliphatic rings. The summed E-state index contributed by atoms with van der Waals surface area (Å²) in [5.41, 5.74) is -3.74. The van der Waals surface area contributed by atoms with Crippen LogP contribution in [0.5, 0.6) is 0 Å². The third kappa shape index (κ3) is 6.70. The highest BCUT2D eigenvalue weighted by molar-refractivity contribution is 5.83. The highest BCUT2D eigenvalue weighted by Crippen LogP contribution is 2.32. The molecule has 0 rings (SSSR count). The van der Waals surface area contributed by atoms with E-state index in [1.807, 2.05) is 0 Å². The van der Waals surface area contributed by atoms with Crippen molar-refractivity contribution >= 4 is 11.8 Å². The van der Waals surface area contributed by atoms with E-state index in [0.29, 0.717) is 0 Å². The van der Waals surface area contributed by atoms with Gasteiger partial charge in [0.05, 0.1) is 35.9 Å². The molecule has 7 N–H and O–H groups in total. The van der Waals surface area contributed by atoms with Crippen LogP contribution in [0, 0.1) is 23.7 Å². The topological polar surface area (TPSA) is 176 Å². The van der Waals surface area contributed by atoms with E-state index in [0.717, 1.165) is 0 Å². The minimum Gasteiger partial charge on any atom is -0.481 e. The predicted molar refractivity (Wildman–Crippen MR) is 109 cm³/mol. The molecule has 0 aliphatic heterocycles. The van der Waals surface area contributed by atoms with Gasteiger partial charge in [-0.15, -0.1) is 0 Å². The Morgan fingerprint density at radius 2 is 1.33 bits per heavy atom. The normalized spacial score (nSPS) is 24.3. The van der Waals surface area contributed by atoms with Crippen LogP contribution >= 0.6 is 0 Å². The Morgan fingerprint density at radius 3 is 1.73 bits per heavy atom. The SMILES string of the molecule is CC[C@@H](O)[C@@](C)(O)[C@H](O)[C@@H](C)C(=O)[C@H](C)C[C@@](C)(O)[C@H](O)[C@@H](C)[C@H](O)[C@@H](C)C(=O)O. The van der Waals surface area contributed by atoms with Crippen LogP contribution in [0.1, 0.15) is 61.3 Å². The van der Waals surface area contributed by atoms with Crippen LogP contribution in [0.15, 0.2) is 0 Å². The highest BCUT2D eigenvalue weighted by atomic mass is 16.4. The molecule has 0 saturated heterocycles. The van der Waals surface area contributed by atoms with E-state index < -0.39 is 71.0 Å². The summed E-state index contributed by atoms with van der Waals surface area (Å²) in [5.74, 6) is -5.77. The zero-order chi connectivity index (χ0) is 24.2. The summed E-state index contributed by atoms with van der Waals surface area (Å²) in [5, 5.41) is 71.2. The monoisotopic (exact) mass is 436 g/mol. The molecule has 0 aromatic heterocycles. The van der Waals surface area contributed by atoms with Gasteiger partial charge in [-0.25, -0.2) is 0 Å². The second-order valence-electron chi connectivity index (χ2n) is 9.17. The minimum absolute atomic E-state index is 0.177. The van der Waals surface area contributed by atoms with E-state index in [1.165, 1.54) is 41.5 Å². The maximum atomic E-state index is 12.8. The first-order chi connectivity index (χ1) is 13.4. The molecule has 178 valence electrons. The predicted octanol–water partition coefficient (Wildman–Crippen LogP) is -0.0698. The number of ketones is 1. The second kappa shape index (κ2) is 11.0. The molecule has 9 nitrogen and oxygen atoms in total. The summed E-state index contributed by atoms with van der Waals surface area (Å²) in [6, 6.07) is 0. The molecule has 0 fully saturated rings. The fourth-order valence-corrected chi connectivity index (χ4v) is 3.92. The average molecular weight is 437 g/mol. The van der Waals surface area contributed by atoms with Crippen molar-refractivity contribution in [3.8, 4) is 0 Å². The largest absolute Gasteiger partial charge is 0.481 e. The lowest BCUT2D eigenvalue weighted by Gasteiger charge is -2.39. The smallest absolute Gasteiger partial charge is 0.308 e. The lowest BCUT2D eigenvalue weighted by molar-refractivity contribution is -0.164. The Morgan fingerprint density at radius 1 is 0.867 bits per heavy atom. The minimum atomic E-state index is -1.91. The number of aliphatic hydroxyl groups excluding tert-OH is 4. The number of hydrogen-bond acceptors (Lipinski definition) is 8. The van der Waals surface area contributed by atoms with Gasteiger partial charge in [0.2, 0.25) is 0 Å². The number of aliphatic hydroxyl groups is 6. The summed E-state index contributed by atoms with van der Waals surface area (Å²) < 4.78 is 0. The highest BCUT2D eigenvalue weighted by Gasteiger charge is 2.45. The number of carbonyl (C=O) groups is 2. The number of carboxylic acids is 1. The molecule has 0 spiro atoms. The first-order valence-electron chi connectivity index (χ1n) is 10.4. The molecule has 0 radical (unpaired) electrons. The number of rotatable bonds is 13. The summed E-state index contributed by atoms with van der Waals surface area (Å²) in [6.07, 6.45) is -5.76. The molecule has 0 aromatic rings. The van der Waals surface area contributed by atoms with Crippen LogP contribution in [0.4, 0.5) is 0 Å². The van der Waals surface area contributed by atoms with E-state index in [1.54, 1.807) is 6.92 Å². The molecule has 10 atom stereocenters. The van der Waals surface area contributed by atoms with Crippen LogP contribution in [-0.4, -0.2) is 83.1 Å².